The average molecular weight is 668 g/mol. The normalized spacial score (nSPS) is 13.2. The summed E-state index contributed by atoms with van der Waals surface area (Å²) in [6.07, 6.45) is -0.363. The van der Waals surface area contributed by atoms with Gasteiger partial charge in [-0.05, 0) is 97.2 Å². The van der Waals surface area contributed by atoms with E-state index in [0.29, 0.717) is 29.1 Å². The molecular formula is C31H42ClN3O7S2. The van der Waals surface area contributed by atoms with Gasteiger partial charge in [-0.2, -0.15) is 0 Å². The Balaban J connectivity index is 0.000000402. The first-order chi connectivity index (χ1) is 20.3. The number of aliphatic hydroxyl groups excluding tert-OH is 2. The largest absolute Gasteiger partial charge is 0.393 e. The molecule has 44 heavy (non-hydrogen) atoms. The van der Waals surface area contributed by atoms with Crippen molar-refractivity contribution in [2.45, 2.75) is 88.2 Å². The summed E-state index contributed by atoms with van der Waals surface area (Å²) in [5.74, 6) is 0.149. The van der Waals surface area contributed by atoms with Gasteiger partial charge in [-0.1, -0.05) is 63.6 Å². The number of carbonyl (C=O) groups is 1. The molecule has 0 aliphatic carbocycles. The van der Waals surface area contributed by atoms with Gasteiger partial charge in [0.25, 0.3) is 10.0 Å². The van der Waals surface area contributed by atoms with Crippen LogP contribution in [0.25, 0.3) is 0 Å². The fourth-order valence-electron chi connectivity index (χ4n) is 4.40. The molecule has 0 aromatic heterocycles. The molecule has 0 radical (unpaired) electrons. The molecule has 2 unspecified atom stereocenters. The number of primary sulfonamides is 1. The van der Waals surface area contributed by atoms with Crippen LogP contribution in [0.5, 0.6) is 0 Å². The number of hydrogen-bond donors (Lipinski definition) is 5. The Morgan fingerprint density at radius 1 is 0.773 bits per heavy atom. The van der Waals surface area contributed by atoms with Crippen LogP contribution in [0.3, 0.4) is 0 Å². The van der Waals surface area contributed by atoms with E-state index in [1.807, 2.05) is 27.7 Å². The molecule has 0 bridgehead atoms. The third kappa shape index (κ3) is 11.5. The van der Waals surface area contributed by atoms with Gasteiger partial charge in [-0.3, -0.25) is 0 Å². The van der Waals surface area contributed by atoms with E-state index in [9.17, 15) is 26.7 Å². The molecule has 2 atom stereocenters. The highest BCUT2D eigenvalue weighted by atomic mass is 35.5. The summed E-state index contributed by atoms with van der Waals surface area (Å²) in [6, 6.07) is 15.1. The Morgan fingerprint density at radius 2 is 1.20 bits per heavy atom. The fourth-order valence-corrected chi connectivity index (χ4v) is 6.19. The molecule has 3 aromatic carbocycles. The standard InChI is InChI=1S/C22H29ClN2O4S.C9H13NO3S/c1-13(2)19-11-17(23)12-20(14(3)4)21(19)24-22(27)25-30(28,29)18-8-6-7-16(10-18)9-15(5)26;1-7(11)5-8-3-2-4-9(6-8)14(10,12)13/h6-8,10-15,26H,9H2,1-5H3,(H2,24,25,27);2-4,6-7,11H,5H2,1H3,(H2,10,12,13). The minimum Gasteiger partial charge on any atom is -0.393 e. The van der Waals surface area contributed by atoms with Crippen LogP contribution in [0, 0.1) is 0 Å². The van der Waals surface area contributed by atoms with Gasteiger partial charge in [-0.25, -0.2) is 31.5 Å². The molecule has 0 aliphatic heterocycles. The molecule has 0 aliphatic rings. The van der Waals surface area contributed by atoms with E-state index in [1.165, 1.54) is 24.3 Å². The summed E-state index contributed by atoms with van der Waals surface area (Å²) in [7, 11) is -7.72. The van der Waals surface area contributed by atoms with Crippen molar-refractivity contribution in [1.29, 1.82) is 0 Å². The van der Waals surface area contributed by atoms with Crippen molar-refractivity contribution in [3.05, 3.63) is 87.9 Å². The molecule has 0 heterocycles. The number of rotatable bonds is 10. The summed E-state index contributed by atoms with van der Waals surface area (Å²) >= 11 is 6.24. The minimum atomic E-state index is -4.08. The first-order valence-corrected chi connectivity index (χ1v) is 17.4. The molecule has 0 saturated carbocycles. The van der Waals surface area contributed by atoms with E-state index in [2.05, 4.69) is 10.0 Å². The van der Waals surface area contributed by atoms with Crippen molar-refractivity contribution in [2.75, 3.05) is 5.32 Å². The number of urea groups is 1. The van der Waals surface area contributed by atoms with Crippen molar-refractivity contribution in [2.24, 2.45) is 5.14 Å². The lowest BCUT2D eigenvalue weighted by molar-refractivity contribution is 0.195. The maximum atomic E-state index is 12.7. The third-order valence-corrected chi connectivity index (χ3v) is 8.83. The van der Waals surface area contributed by atoms with Crippen LogP contribution >= 0.6 is 11.6 Å². The lowest BCUT2D eigenvalue weighted by Crippen LogP contribution is -2.35. The number of nitrogens with two attached hydrogens (primary N) is 1. The zero-order valence-corrected chi connectivity index (χ0v) is 28.1. The van der Waals surface area contributed by atoms with E-state index < -0.39 is 38.3 Å². The van der Waals surface area contributed by atoms with Crippen LogP contribution in [0.4, 0.5) is 10.5 Å². The van der Waals surface area contributed by atoms with Crippen molar-refractivity contribution in [1.82, 2.24) is 4.72 Å². The smallest absolute Gasteiger partial charge is 0.333 e. The van der Waals surface area contributed by atoms with Crippen LogP contribution in [0.2, 0.25) is 5.02 Å². The number of nitrogens with one attached hydrogen (secondary N) is 2. The monoisotopic (exact) mass is 667 g/mol. The van der Waals surface area contributed by atoms with E-state index in [0.717, 1.165) is 16.7 Å². The summed E-state index contributed by atoms with van der Waals surface area (Å²) in [5.41, 5.74) is 3.65. The van der Waals surface area contributed by atoms with Crippen LogP contribution in [0.15, 0.2) is 70.5 Å². The first kappa shape index (κ1) is 37.2. The topological polar surface area (TPSA) is 176 Å². The predicted octanol–water partition coefficient (Wildman–Crippen LogP) is 5.28. The number of aliphatic hydroxyl groups is 2. The second kappa shape index (κ2) is 15.8. The Hall–Kier alpha value is -3.00. The van der Waals surface area contributed by atoms with Crippen molar-refractivity contribution in [3.8, 4) is 0 Å². The van der Waals surface area contributed by atoms with Gasteiger partial charge in [0.2, 0.25) is 10.0 Å². The van der Waals surface area contributed by atoms with Crippen LogP contribution < -0.4 is 15.2 Å². The Labute approximate surface area is 265 Å². The van der Waals surface area contributed by atoms with Crippen molar-refractivity contribution < 1.29 is 31.8 Å². The average Bonchev–Trinajstić information content (AvgIpc) is 2.88. The lowest BCUT2D eigenvalue weighted by Gasteiger charge is -2.21. The van der Waals surface area contributed by atoms with Gasteiger partial charge in [0, 0.05) is 10.7 Å². The number of sulfonamides is 2. The van der Waals surface area contributed by atoms with Gasteiger partial charge in [-0.15, -0.1) is 0 Å². The van der Waals surface area contributed by atoms with Crippen LogP contribution in [0.1, 0.15) is 75.6 Å². The van der Waals surface area contributed by atoms with E-state index >= 15 is 0 Å². The molecule has 0 fully saturated rings. The molecule has 0 saturated heterocycles. The highest BCUT2D eigenvalue weighted by Crippen LogP contribution is 2.35. The molecule has 0 spiro atoms. The Bertz CT molecular complexity index is 1630. The number of carbonyl (C=O) groups excluding carboxylic acids is 1. The maximum absolute atomic E-state index is 12.7. The molecule has 3 aromatic rings. The number of halogens is 1. The molecule has 242 valence electrons. The maximum Gasteiger partial charge on any atom is 0.333 e. The number of amides is 2. The summed E-state index contributed by atoms with van der Waals surface area (Å²) in [4.78, 5) is 12.7. The highest BCUT2D eigenvalue weighted by Gasteiger charge is 2.22. The molecular weight excluding hydrogens is 626 g/mol. The fraction of sp³-hybridized carbons (Fsp3) is 0.387. The summed E-state index contributed by atoms with van der Waals surface area (Å²) < 4.78 is 49.5. The minimum absolute atomic E-state index is 0.0416. The van der Waals surface area contributed by atoms with E-state index in [-0.39, 0.29) is 21.6 Å². The predicted molar refractivity (Wildman–Crippen MR) is 174 cm³/mol. The summed E-state index contributed by atoms with van der Waals surface area (Å²) in [6.45, 7) is 11.2. The lowest BCUT2D eigenvalue weighted by atomic mass is 9.92. The number of benzene rings is 3. The molecule has 10 nitrogen and oxygen atoms in total. The van der Waals surface area contributed by atoms with E-state index in [4.69, 9.17) is 21.8 Å². The second-order valence-corrected chi connectivity index (χ2v) is 15.0. The summed E-state index contributed by atoms with van der Waals surface area (Å²) in [5, 5.41) is 26.9. The zero-order valence-electron chi connectivity index (χ0n) is 25.7. The van der Waals surface area contributed by atoms with Gasteiger partial charge < -0.3 is 15.5 Å². The van der Waals surface area contributed by atoms with Gasteiger partial charge in [0.1, 0.15) is 0 Å². The highest BCUT2D eigenvalue weighted by molar-refractivity contribution is 7.90. The Kier molecular flexibility index (Phi) is 13.4. The zero-order chi connectivity index (χ0) is 33.4. The van der Waals surface area contributed by atoms with Gasteiger partial charge >= 0.3 is 6.03 Å². The molecule has 13 heteroatoms. The Morgan fingerprint density at radius 3 is 1.61 bits per heavy atom. The van der Waals surface area contributed by atoms with E-state index in [1.54, 1.807) is 50.2 Å². The second-order valence-electron chi connectivity index (χ2n) is 11.3. The number of hydrogen-bond acceptors (Lipinski definition) is 7. The van der Waals surface area contributed by atoms with Gasteiger partial charge in [0.15, 0.2) is 0 Å². The van der Waals surface area contributed by atoms with Gasteiger partial charge in [0.05, 0.1) is 22.0 Å². The SMILES string of the molecule is CC(O)Cc1cccc(S(=O)(=O)NC(=O)Nc2c(C(C)C)cc(Cl)cc2C(C)C)c1.CC(O)Cc1cccc(S(N)(=O)=O)c1. The molecule has 3 rings (SSSR count). The first-order valence-electron chi connectivity index (χ1n) is 14.0. The van der Waals surface area contributed by atoms with Crippen LogP contribution in [-0.4, -0.2) is 45.3 Å². The van der Waals surface area contributed by atoms with Crippen molar-refractivity contribution >= 4 is 43.4 Å². The number of anilines is 1. The van der Waals surface area contributed by atoms with Crippen molar-refractivity contribution in [3.63, 3.8) is 0 Å². The molecule has 6 N–H and O–H groups in total. The molecule has 2 amide bonds. The quantitative estimate of drug-likeness (QED) is 0.195. The third-order valence-electron chi connectivity index (χ3n) is 6.37. The van der Waals surface area contributed by atoms with Crippen LogP contribution in [-0.2, 0) is 32.9 Å².